The summed E-state index contributed by atoms with van der Waals surface area (Å²) < 4.78 is 5.61. The molecule has 1 saturated heterocycles. The fourth-order valence-electron chi connectivity index (χ4n) is 1.81. The van der Waals surface area contributed by atoms with Gasteiger partial charge in [0.15, 0.2) is 0 Å². The van der Waals surface area contributed by atoms with Crippen LogP contribution in [0.4, 0.5) is 5.82 Å². The van der Waals surface area contributed by atoms with E-state index < -0.39 is 5.54 Å². The maximum Gasteiger partial charge on any atom is 0.267 e. The number of aromatic amines is 1. The molecule has 1 aromatic rings. The summed E-state index contributed by atoms with van der Waals surface area (Å²) in [5, 5.41) is 12.7. The SMILES string of the molecule is O=c1[nH]cnc(NC2(CO)CCOCC2)c1Br. The van der Waals surface area contributed by atoms with Crippen LogP contribution in [0.1, 0.15) is 12.8 Å². The van der Waals surface area contributed by atoms with Gasteiger partial charge in [0, 0.05) is 13.2 Å². The summed E-state index contributed by atoms with van der Waals surface area (Å²) >= 11 is 3.18. The molecule has 17 heavy (non-hydrogen) atoms. The molecule has 2 heterocycles. The summed E-state index contributed by atoms with van der Waals surface area (Å²) in [7, 11) is 0. The highest BCUT2D eigenvalue weighted by molar-refractivity contribution is 9.10. The van der Waals surface area contributed by atoms with Gasteiger partial charge in [-0.1, -0.05) is 0 Å². The lowest BCUT2D eigenvalue weighted by atomic mass is 9.91. The van der Waals surface area contributed by atoms with E-state index >= 15 is 0 Å². The molecule has 0 aliphatic carbocycles. The average molecular weight is 304 g/mol. The van der Waals surface area contributed by atoms with Crippen molar-refractivity contribution in [1.29, 1.82) is 0 Å². The molecule has 0 amide bonds. The minimum atomic E-state index is -0.457. The van der Waals surface area contributed by atoms with E-state index in [2.05, 4.69) is 31.2 Å². The first-order chi connectivity index (χ1) is 8.17. The molecule has 0 aromatic carbocycles. The number of nitrogens with zero attached hydrogens (tertiary/aromatic N) is 1. The van der Waals surface area contributed by atoms with Crippen LogP contribution in [-0.4, -0.2) is 40.4 Å². The predicted octanol–water partition coefficient (Wildman–Crippen LogP) is 0.486. The summed E-state index contributed by atoms with van der Waals surface area (Å²) in [5.41, 5.74) is -0.704. The Balaban J connectivity index is 2.23. The average Bonchev–Trinajstić information content (AvgIpc) is 2.36. The minimum Gasteiger partial charge on any atom is -0.394 e. The Morgan fingerprint density at radius 2 is 2.29 bits per heavy atom. The molecule has 6 nitrogen and oxygen atoms in total. The standard InChI is InChI=1S/C10H14BrN3O3/c11-7-8(12-6-13-9(7)16)14-10(5-15)1-3-17-4-2-10/h6,15H,1-5H2,(H2,12,13,14,16). The third kappa shape index (κ3) is 2.67. The van der Waals surface area contributed by atoms with Crippen LogP contribution in [0.15, 0.2) is 15.6 Å². The van der Waals surface area contributed by atoms with Gasteiger partial charge in [0.2, 0.25) is 0 Å². The third-order valence-corrected chi connectivity index (χ3v) is 3.67. The highest BCUT2D eigenvalue weighted by Crippen LogP contribution is 2.26. The Kier molecular flexibility index (Phi) is 3.80. The van der Waals surface area contributed by atoms with E-state index in [1.54, 1.807) is 0 Å². The van der Waals surface area contributed by atoms with Gasteiger partial charge in [-0.05, 0) is 28.8 Å². The van der Waals surface area contributed by atoms with Crippen molar-refractivity contribution in [2.45, 2.75) is 18.4 Å². The van der Waals surface area contributed by atoms with Crippen LogP contribution in [0, 0.1) is 0 Å². The van der Waals surface area contributed by atoms with Gasteiger partial charge in [-0.3, -0.25) is 4.79 Å². The van der Waals surface area contributed by atoms with Crippen LogP contribution in [0.5, 0.6) is 0 Å². The van der Waals surface area contributed by atoms with Crippen molar-refractivity contribution in [3.05, 3.63) is 21.2 Å². The van der Waals surface area contributed by atoms with Crippen LogP contribution in [0.2, 0.25) is 0 Å². The molecule has 1 aliphatic rings. The molecule has 2 rings (SSSR count). The molecule has 0 spiro atoms. The molecular formula is C10H14BrN3O3. The largest absolute Gasteiger partial charge is 0.394 e. The molecule has 7 heteroatoms. The zero-order valence-electron chi connectivity index (χ0n) is 9.20. The van der Waals surface area contributed by atoms with E-state index in [-0.39, 0.29) is 12.2 Å². The molecule has 3 N–H and O–H groups in total. The smallest absolute Gasteiger partial charge is 0.267 e. The van der Waals surface area contributed by atoms with Gasteiger partial charge in [-0.15, -0.1) is 0 Å². The Labute approximate surface area is 107 Å². The van der Waals surface area contributed by atoms with Crippen molar-refractivity contribution in [2.75, 3.05) is 25.1 Å². The van der Waals surface area contributed by atoms with Crippen LogP contribution < -0.4 is 10.9 Å². The lowest BCUT2D eigenvalue weighted by Crippen LogP contribution is -2.47. The number of H-pyrrole nitrogens is 1. The van der Waals surface area contributed by atoms with Gasteiger partial charge in [0.1, 0.15) is 10.3 Å². The number of halogens is 1. The van der Waals surface area contributed by atoms with Crippen LogP contribution >= 0.6 is 15.9 Å². The zero-order chi connectivity index (χ0) is 12.3. The van der Waals surface area contributed by atoms with E-state index in [1.807, 2.05) is 0 Å². The Morgan fingerprint density at radius 1 is 1.59 bits per heavy atom. The lowest BCUT2D eigenvalue weighted by Gasteiger charge is -2.36. The first kappa shape index (κ1) is 12.5. The first-order valence-corrected chi connectivity index (χ1v) is 6.16. The van der Waals surface area contributed by atoms with Gasteiger partial charge < -0.3 is 20.1 Å². The molecule has 0 radical (unpaired) electrons. The van der Waals surface area contributed by atoms with E-state index in [0.29, 0.717) is 36.3 Å². The third-order valence-electron chi connectivity index (χ3n) is 2.93. The summed E-state index contributed by atoms with van der Waals surface area (Å²) in [6.07, 6.45) is 2.70. The van der Waals surface area contributed by atoms with Crippen LogP contribution in [0.25, 0.3) is 0 Å². The number of hydrogen-bond acceptors (Lipinski definition) is 5. The molecule has 94 valence electrons. The second-order valence-electron chi connectivity index (χ2n) is 4.07. The molecule has 1 aliphatic heterocycles. The zero-order valence-corrected chi connectivity index (χ0v) is 10.8. The molecule has 0 unspecified atom stereocenters. The van der Waals surface area contributed by atoms with E-state index in [9.17, 15) is 9.90 Å². The summed E-state index contributed by atoms with van der Waals surface area (Å²) in [6, 6.07) is 0. The number of nitrogens with one attached hydrogen (secondary N) is 2. The van der Waals surface area contributed by atoms with Gasteiger partial charge in [-0.2, -0.15) is 0 Å². The second-order valence-corrected chi connectivity index (χ2v) is 4.86. The summed E-state index contributed by atoms with van der Waals surface area (Å²) in [4.78, 5) is 17.9. The number of rotatable bonds is 3. The minimum absolute atomic E-state index is 0.0166. The van der Waals surface area contributed by atoms with Crippen molar-refractivity contribution in [3.63, 3.8) is 0 Å². The topological polar surface area (TPSA) is 87.2 Å². The quantitative estimate of drug-likeness (QED) is 0.756. The number of aromatic nitrogens is 2. The van der Waals surface area contributed by atoms with Crippen LogP contribution in [-0.2, 0) is 4.74 Å². The summed E-state index contributed by atoms with van der Waals surface area (Å²) in [5.74, 6) is 0.449. The van der Waals surface area contributed by atoms with E-state index in [0.717, 1.165) is 0 Å². The van der Waals surface area contributed by atoms with Crippen molar-refractivity contribution in [1.82, 2.24) is 9.97 Å². The Morgan fingerprint density at radius 3 is 2.94 bits per heavy atom. The van der Waals surface area contributed by atoms with Crippen LogP contribution in [0.3, 0.4) is 0 Å². The molecule has 1 fully saturated rings. The number of anilines is 1. The molecule has 0 saturated carbocycles. The molecule has 0 atom stereocenters. The molecule has 1 aromatic heterocycles. The number of aliphatic hydroxyl groups is 1. The number of hydrogen-bond donors (Lipinski definition) is 3. The second kappa shape index (κ2) is 5.16. The van der Waals surface area contributed by atoms with Gasteiger partial charge in [-0.25, -0.2) is 4.98 Å². The predicted molar refractivity (Wildman–Crippen MR) is 66.1 cm³/mol. The Hall–Kier alpha value is -0.920. The maximum atomic E-state index is 11.4. The van der Waals surface area contributed by atoms with Crippen molar-refractivity contribution in [3.8, 4) is 0 Å². The Bertz CT molecular complexity index is 443. The number of aliphatic hydroxyl groups excluding tert-OH is 1. The normalized spacial score (nSPS) is 18.9. The lowest BCUT2D eigenvalue weighted by molar-refractivity contribution is 0.0378. The highest BCUT2D eigenvalue weighted by Gasteiger charge is 2.32. The van der Waals surface area contributed by atoms with E-state index in [1.165, 1.54) is 6.33 Å². The first-order valence-electron chi connectivity index (χ1n) is 5.37. The number of ether oxygens (including phenoxy) is 1. The fourth-order valence-corrected chi connectivity index (χ4v) is 2.12. The summed E-state index contributed by atoms with van der Waals surface area (Å²) in [6.45, 7) is 1.17. The van der Waals surface area contributed by atoms with Gasteiger partial charge >= 0.3 is 0 Å². The fraction of sp³-hybridized carbons (Fsp3) is 0.600. The highest BCUT2D eigenvalue weighted by atomic mass is 79.9. The van der Waals surface area contributed by atoms with Gasteiger partial charge in [0.25, 0.3) is 5.56 Å². The maximum absolute atomic E-state index is 11.4. The molecule has 0 bridgehead atoms. The van der Waals surface area contributed by atoms with E-state index in [4.69, 9.17) is 4.74 Å². The molecular weight excluding hydrogens is 290 g/mol. The van der Waals surface area contributed by atoms with Crippen molar-refractivity contribution in [2.24, 2.45) is 0 Å². The van der Waals surface area contributed by atoms with Crippen molar-refractivity contribution < 1.29 is 9.84 Å². The van der Waals surface area contributed by atoms with Crippen molar-refractivity contribution >= 4 is 21.7 Å². The monoisotopic (exact) mass is 303 g/mol. The van der Waals surface area contributed by atoms with Gasteiger partial charge in [0.05, 0.1) is 18.5 Å².